The minimum atomic E-state index is -0.180. The summed E-state index contributed by atoms with van der Waals surface area (Å²) in [7, 11) is 0. The summed E-state index contributed by atoms with van der Waals surface area (Å²) in [6, 6.07) is 3.88. The number of carbonyl (C=O) groups is 1. The van der Waals surface area contributed by atoms with Gasteiger partial charge in [-0.15, -0.1) is 0 Å². The molecule has 3 heteroatoms. The van der Waals surface area contributed by atoms with Crippen molar-refractivity contribution in [2.45, 2.75) is 52.1 Å². The summed E-state index contributed by atoms with van der Waals surface area (Å²) in [5.41, 5.74) is 1.97. The lowest BCUT2D eigenvalue weighted by molar-refractivity contribution is -0.154. The molecule has 1 saturated carbocycles. The number of hydrogen-bond donors (Lipinski definition) is 0. The molecular weight excluding hydrogens is 226 g/mol. The number of pyridine rings is 1. The standard InChI is InChI=1S/C15H21NO2/c1-11-10-14(8-9-16-11)12(2)18-15(17)13-6-4-3-5-7-13/h8-10,12-13H,3-7H2,1-2H3. The molecule has 0 aromatic carbocycles. The van der Waals surface area contributed by atoms with Gasteiger partial charge in [0.05, 0.1) is 5.92 Å². The molecule has 0 N–H and O–H groups in total. The fourth-order valence-corrected chi connectivity index (χ4v) is 2.50. The number of esters is 1. The van der Waals surface area contributed by atoms with E-state index in [9.17, 15) is 4.79 Å². The Hall–Kier alpha value is -1.38. The second-order valence-corrected chi connectivity index (χ2v) is 5.14. The van der Waals surface area contributed by atoms with Gasteiger partial charge in [0.15, 0.2) is 0 Å². The molecule has 98 valence electrons. The largest absolute Gasteiger partial charge is 0.458 e. The molecule has 0 bridgehead atoms. The van der Waals surface area contributed by atoms with E-state index >= 15 is 0 Å². The molecule has 1 aliphatic carbocycles. The lowest BCUT2D eigenvalue weighted by atomic mass is 9.89. The maximum atomic E-state index is 12.0. The Morgan fingerprint density at radius 3 is 2.78 bits per heavy atom. The zero-order valence-corrected chi connectivity index (χ0v) is 11.2. The van der Waals surface area contributed by atoms with E-state index in [2.05, 4.69) is 4.98 Å². The first-order valence-electron chi connectivity index (χ1n) is 6.80. The predicted molar refractivity (Wildman–Crippen MR) is 70.1 cm³/mol. The van der Waals surface area contributed by atoms with Crippen molar-refractivity contribution in [2.75, 3.05) is 0 Å². The Labute approximate surface area is 109 Å². The van der Waals surface area contributed by atoms with Crippen LogP contribution in [0.3, 0.4) is 0 Å². The Bertz CT molecular complexity index is 411. The van der Waals surface area contributed by atoms with Crippen LogP contribution in [0.5, 0.6) is 0 Å². The summed E-state index contributed by atoms with van der Waals surface area (Å²) >= 11 is 0. The molecule has 1 heterocycles. The molecule has 1 aliphatic rings. The molecule has 2 rings (SSSR count). The van der Waals surface area contributed by atoms with Crippen molar-refractivity contribution in [3.05, 3.63) is 29.6 Å². The minimum absolute atomic E-state index is 0.0309. The zero-order chi connectivity index (χ0) is 13.0. The van der Waals surface area contributed by atoms with Gasteiger partial charge in [-0.1, -0.05) is 19.3 Å². The summed E-state index contributed by atoms with van der Waals surface area (Å²) in [5, 5.41) is 0. The van der Waals surface area contributed by atoms with E-state index in [1.807, 2.05) is 26.0 Å². The van der Waals surface area contributed by atoms with E-state index in [0.29, 0.717) is 0 Å². The SMILES string of the molecule is Cc1cc(C(C)OC(=O)C2CCCCC2)ccn1. The van der Waals surface area contributed by atoms with Gasteiger partial charge in [0, 0.05) is 11.9 Å². The van der Waals surface area contributed by atoms with Gasteiger partial charge in [-0.2, -0.15) is 0 Å². The molecule has 1 atom stereocenters. The molecule has 1 fully saturated rings. The van der Waals surface area contributed by atoms with Gasteiger partial charge in [-0.3, -0.25) is 9.78 Å². The van der Waals surface area contributed by atoms with Gasteiger partial charge in [0.1, 0.15) is 6.10 Å². The van der Waals surface area contributed by atoms with Crippen molar-refractivity contribution < 1.29 is 9.53 Å². The number of nitrogens with zero attached hydrogens (tertiary/aromatic N) is 1. The third kappa shape index (κ3) is 3.31. The maximum absolute atomic E-state index is 12.0. The molecule has 1 unspecified atom stereocenters. The molecule has 0 radical (unpaired) electrons. The lowest BCUT2D eigenvalue weighted by Crippen LogP contribution is -2.21. The first kappa shape index (κ1) is 13.1. The molecule has 0 aliphatic heterocycles. The van der Waals surface area contributed by atoms with Crippen molar-refractivity contribution in [3.63, 3.8) is 0 Å². The molecule has 0 amide bonds. The summed E-state index contributed by atoms with van der Waals surface area (Å²) in [4.78, 5) is 16.2. The van der Waals surface area contributed by atoms with E-state index in [1.54, 1.807) is 6.20 Å². The van der Waals surface area contributed by atoms with Crippen LogP contribution in [-0.2, 0) is 9.53 Å². The topological polar surface area (TPSA) is 39.2 Å². The zero-order valence-electron chi connectivity index (χ0n) is 11.2. The Morgan fingerprint density at radius 1 is 1.39 bits per heavy atom. The highest BCUT2D eigenvalue weighted by Crippen LogP contribution is 2.27. The third-order valence-corrected chi connectivity index (χ3v) is 3.62. The number of aryl methyl sites for hydroxylation is 1. The van der Waals surface area contributed by atoms with Crippen LogP contribution in [0.15, 0.2) is 18.3 Å². The number of carbonyl (C=O) groups excluding carboxylic acids is 1. The van der Waals surface area contributed by atoms with E-state index < -0.39 is 0 Å². The van der Waals surface area contributed by atoms with E-state index in [-0.39, 0.29) is 18.0 Å². The highest BCUT2D eigenvalue weighted by Gasteiger charge is 2.24. The smallest absolute Gasteiger partial charge is 0.309 e. The molecule has 0 spiro atoms. The van der Waals surface area contributed by atoms with Crippen LogP contribution >= 0.6 is 0 Å². The van der Waals surface area contributed by atoms with Gasteiger partial charge in [0.25, 0.3) is 0 Å². The molecule has 1 aromatic rings. The number of ether oxygens (including phenoxy) is 1. The van der Waals surface area contributed by atoms with Crippen molar-refractivity contribution >= 4 is 5.97 Å². The average molecular weight is 247 g/mol. The molecule has 18 heavy (non-hydrogen) atoms. The van der Waals surface area contributed by atoms with Crippen molar-refractivity contribution in [1.29, 1.82) is 0 Å². The Balaban J connectivity index is 1.94. The van der Waals surface area contributed by atoms with Crippen LogP contribution in [0.1, 0.15) is 56.4 Å². The van der Waals surface area contributed by atoms with E-state index in [4.69, 9.17) is 4.74 Å². The maximum Gasteiger partial charge on any atom is 0.309 e. The second kappa shape index (κ2) is 5.98. The average Bonchev–Trinajstić information content (AvgIpc) is 2.39. The van der Waals surface area contributed by atoms with Crippen molar-refractivity contribution in [1.82, 2.24) is 4.98 Å². The van der Waals surface area contributed by atoms with Gasteiger partial charge >= 0.3 is 5.97 Å². The van der Waals surface area contributed by atoms with Crippen LogP contribution in [-0.4, -0.2) is 11.0 Å². The first-order chi connectivity index (χ1) is 8.66. The van der Waals surface area contributed by atoms with Crippen LogP contribution < -0.4 is 0 Å². The summed E-state index contributed by atoms with van der Waals surface area (Å²) in [6.07, 6.45) is 7.12. The highest BCUT2D eigenvalue weighted by molar-refractivity contribution is 5.72. The fraction of sp³-hybridized carbons (Fsp3) is 0.600. The van der Waals surface area contributed by atoms with Crippen LogP contribution in [0.2, 0.25) is 0 Å². The molecule has 1 aromatic heterocycles. The molecule has 0 saturated heterocycles. The molecule has 3 nitrogen and oxygen atoms in total. The quantitative estimate of drug-likeness (QED) is 0.766. The number of hydrogen-bond acceptors (Lipinski definition) is 3. The third-order valence-electron chi connectivity index (χ3n) is 3.62. The Kier molecular flexibility index (Phi) is 4.34. The van der Waals surface area contributed by atoms with Gasteiger partial charge in [-0.05, 0) is 44.4 Å². The number of rotatable bonds is 3. The predicted octanol–water partition coefficient (Wildman–Crippen LogP) is 3.57. The lowest BCUT2D eigenvalue weighted by Gasteiger charge is -2.22. The van der Waals surface area contributed by atoms with Gasteiger partial charge < -0.3 is 4.74 Å². The minimum Gasteiger partial charge on any atom is -0.458 e. The second-order valence-electron chi connectivity index (χ2n) is 5.14. The van der Waals surface area contributed by atoms with Crippen LogP contribution in [0.4, 0.5) is 0 Å². The van der Waals surface area contributed by atoms with E-state index in [0.717, 1.165) is 36.9 Å². The monoisotopic (exact) mass is 247 g/mol. The van der Waals surface area contributed by atoms with Gasteiger partial charge in [0.2, 0.25) is 0 Å². The highest BCUT2D eigenvalue weighted by atomic mass is 16.5. The fourth-order valence-electron chi connectivity index (χ4n) is 2.50. The first-order valence-corrected chi connectivity index (χ1v) is 6.80. The van der Waals surface area contributed by atoms with Crippen LogP contribution in [0.25, 0.3) is 0 Å². The molecular formula is C15H21NO2. The van der Waals surface area contributed by atoms with E-state index in [1.165, 1.54) is 6.42 Å². The van der Waals surface area contributed by atoms with Crippen LogP contribution in [0, 0.1) is 12.8 Å². The summed E-state index contributed by atoms with van der Waals surface area (Å²) < 4.78 is 5.56. The summed E-state index contributed by atoms with van der Waals surface area (Å²) in [5.74, 6) is 0.0841. The normalized spacial score (nSPS) is 18.3. The summed E-state index contributed by atoms with van der Waals surface area (Å²) in [6.45, 7) is 3.87. The van der Waals surface area contributed by atoms with Crippen molar-refractivity contribution in [3.8, 4) is 0 Å². The van der Waals surface area contributed by atoms with Gasteiger partial charge in [-0.25, -0.2) is 0 Å². The Morgan fingerprint density at radius 2 is 2.11 bits per heavy atom. The van der Waals surface area contributed by atoms with Crippen molar-refractivity contribution in [2.24, 2.45) is 5.92 Å². The number of aromatic nitrogens is 1.